The number of aryl methyl sites for hydroxylation is 1. The molecule has 150 valence electrons. The van der Waals surface area contributed by atoms with Gasteiger partial charge in [-0.25, -0.2) is 0 Å². The topological polar surface area (TPSA) is 71.3 Å². The zero-order valence-electron chi connectivity index (χ0n) is 16.5. The van der Waals surface area contributed by atoms with Crippen LogP contribution in [0, 0.1) is 0 Å². The van der Waals surface area contributed by atoms with Crippen molar-refractivity contribution >= 4 is 5.91 Å². The Balaban J connectivity index is 1.18. The summed E-state index contributed by atoms with van der Waals surface area (Å²) in [5.41, 5.74) is 2.25. The zero-order valence-corrected chi connectivity index (χ0v) is 16.5. The monoisotopic (exact) mass is 390 g/mol. The lowest BCUT2D eigenvalue weighted by Gasteiger charge is -2.32. The molecule has 0 bridgehead atoms. The standard InChI is InChI=1S/C23H26N4O2/c28-21(11-12-22-25-23(26-29-22)19-9-5-2-6-10-19)24-20-13-15-27(16-14-20)17-18-7-3-1-4-8-18/h1-10,20H,11-17H2,(H,24,28). The van der Waals surface area contributed by atoms with Crippen LogP contribution < -0.4 is 5.32 Å². The van der Waals surface area contributed by atoms with E-state index in [2.05, 4.69) is 44.6 Å². The van der Waals surface area contributed by atoms with Crippen molar-refractivity contribution in [2.45, 2.75) is 38.3 Å². The van der Waals surface area contributed by atoms with Crippen LogP contribution in [0.5, 0.6) is 0 Å². The van der Waals surface area contributed by atoms with Gasteiger partial charge in [-0.05, 0) is 18.4 Å². The highest BCUT2D eigenvalue weighted by Crippen LogP contribution is 2.16. The molecule has 1 aliphatic rings. The summed E-state index contributed by atoms with van der Waals surface area (Å²) in [4.78, 5) is 19.1. The number of nitrogens with zero attached hydrogens (tertiary/aromatic N) is 3. The SMILES string of the molecule is O=C(CCc1nc(-c2ccccc2)no1)NC1CCN(Cc2ccccc2)CC1. The third-order valence-corrected chi connectivity index (χ3v) is 5.27. The molecule has 1 aromatic heterocycles. The second-order valence-corrected chi connectivity index (χ2v) is 7.48. The molecule has 0 radical (unpaired) electrons. The molecule has 0 atom stereocenters. The summed E-state index contributed by atoms with van der Waals surface area (Å²) in [6.07, 6.45) is 2.79. The Kier molecular flexibility index (Phi) is 6.32. The molecule has 2 heterocycles. The van der Waals surface area contributed by atoms with Gasteiger partial charge in [0.2, 0.25) is 17.6 Å². The first-order chi connectivity index (χ1) is 14.3. The largest absolute Gasteiger partial charge is 0.353 e. The lowest BCUT2D eigenvalue weighted by molar-refractivity contribution is -0.122. The van der Waals surface area contributed by atoms with Crippen molar-refractivity contribution in [3.8, 4) is 11.4 Å². The predicted octanol–water partition coefficient (Wildman–Crippen LogP) is 3.45. The highest BCUT2D eigenvalue weighted by Gasteiger charge is 2.21. The van der Waals surface area contributed by atoms with Gasteiger partial charge in [0.1, 0.15) is 0 Å². The maximum absolute atomic E-state index is 12.3. The molecule has 0 saturated carbocycles. The van der Waals surface area contributed by atoms with Gasteiger partial charge in [0.25, 0.3) is 0 Å². The van der Waals surface area contributed by atoms with Crippen LogP contribution in [0.4, 0.5) is 0 Å². The number of hydrogen-bond acceptors (Lipinski definition) is 5. The molecule has 6 nitrogen and oxygen atoms in total. The van der Waals surface area contributed by atoms with Gasteiger partial charge in [-0.3, -0.25) is 9.69 Å². The number of likely N-dealkylation sites (tertiary alicyclic amines) is 1. The van der Waals surface area contributed by atoms with Crippen LogP contribution in [-0.2, 0) is 17.8 Å². The summed E-state index contributed by atoms with van der Waals surface area (Å²) in [5, 5.41) is 7.16. The number of rotatable bonds is 7. The molecule has 1 fully saturated rings. The fourth-order valence-electron chi connectivity index (χ4n) is 3.66. The fraction of sp³-hybridized carbons (Fsp3) is 0.348. The van der Waals surface area contributed by atoms with E-state index in [9.17, 15) is 4.79 Å². The molecular weight excluding hydrogens is 364 g/mol. The van der Waals surface area contributed by atoms with Crippen LogP contribution in [0.3, 0.4) is 0 Å². The summed E-state index contributed by atoms with van der Waals surface area (Å²) in [6, 6.07) is 20.5. The minimum Gasteiger partial charge on any atom is -0.353 e. The Hall–Kier alpha value is -2.99. The molecule has 2 aromatic carbocycles. The average molecular weight is 390 g/mol. The Morgan fingerprint density at radius 1 is 1.03 bits per heavy atom. The Bertz CT molecular complexity index is 903. The molecular formula is C23H26N4O2. The number of nitrogens with one attached hydrogen (secondary N) is 1. The van der Waals surface area contributed by atoms with Crippen LogP contribution in [0.15, 0.2) is 65.2 Å². The third kappa shape index (κ3) is 5.51. The highest BCUT2D eigenvalue weighted by atomic mass is 16.5. The molecule has 1 N–H and O–H groups in total. The molecule has 4 rings (SSSR count). The maximum Gasteiger partial charge on any atom is 0.227 e. The first-order valence-electron chi connectivity index (χ1n) is 10.2. The lowest BCUT2D eigenvalue weighted by Crippen LogP contribution is -2.44. The number of piperidine rings is 1. The molecule has 1 aliphatic heterocycles. The predicted molar refractivity (Wildman–Crippen MR) is 111 cm³/mol. The minimum absolute atomic E-state index is 0.0472. The van der Waals surface area contributed by atoms with E-state index >= 15 is 0 Å². The average Bonchev–Trinajstić information content (AvgIpc) is 3.24. The third-order valence-electron chi connectivity index (χ3n) is 5.27. The number of amides is 1. The van der Waals surface area contributed by atoms with Gasteiger partial charge < -0.3 is 9.84 Å². The minimum atomic E-state index is 0.0472. The molecule has 0 spiro atoms. The van der Waals surface area contributed by atoms with Crippen molar-refractivity contribution in [3.63, 3.8) is 0 Å². The van der Waals surface area contributed by atoms with E-state index in [-0.39, 0.29) is 11.9 Å². The van der Waals surface area contributed by atoms with Gasteiger partial charge in [0, 0.05) is 44.1 Å². The first-order valence-corrected chi connectivity index (χ1v) is 10.2. The normalized spacial score (nSPS) is 15.3. The lowest BCUT2D eigenvalue weighted by atomic mass is 10.0. The van der Waals surface area contributed by atoms with E-state index in [0.717, 1.165) is 38.0 Å². The molecule has 0 unspecified atom stereocenters. The fourth-order valence-corrected chi connectivity index (χ4v) is 3.66. The van der Waals surface area contributed by atoms with Crippen molar-refractivity contribution in [2.75, 3.05) is 13.1 Å². The molecule has 3 aromatic rings. The van der Waals surface area contributed by atoms with E-state index in [1.54, 1.807) is 0 Å². The van der Waals surface area contributed by atoms with Crippen molar-refractivity contribution in [1.82, 2.24) is 20.4 Å². The molecule has 6 heteroatoms. The maximum atomic E-state index is 12.3. The van der Waals surface area contributed by atoms with Gasteiger partial charge in [-0.2, -0.15) is 4.98 Å². The van der Waals surface area contributed by atoms with Crippen molar-refractivity contribution in [3.05, 3.63) is 72.1 Å². The van der Waals surface area contributed by atoms with Crippen molar-refractivity contribution < 1.29 is 9.32 Å². The summed E-state index contributed by atoms with van der Waals surface area (Å²) in [7, 11) is 0. The van der Waals surface area contributed by atoms with Crippen LogP contribution in [0.2, 0.25) is 0 Å². The van der Waals surface area contributed by atoms with Crippen molar-refractivity contribution in [1.29, 1.82) is 0 Å². The van der Waals surface area contributed by atoms with Gasteiger partial charge in [0.15, 0.2) is 0 Å². The quantitative estimate of drug-likeness (QED) is 0.669. The molecule has 1 saturated heterocycles. The Labute approximate surface area is 170 Å². The number of carbonyl (C=O) groups is 1. The number of carbonyl (C=O) groups excluding carboxylic acids is 1. The van der Waals surface area contributed by atoms with Gasteiger partial charge >= 0.3 is 0 Å². The number of hydrogen-bond donors (Lipinski definition) is 1. The first kappa shape index (κ1) is 19.3. The summed E-state index contributed by atoms with van der Waals surface area (Å²) in [6.45, 7) is 2.98. The Morgan fingerprint density at radius 2 is 1.72 bits per heavy atom. The second-order valence-electron chi connectivity index (χ2n) is 7.48. The van der Waals surface area contributed by atoms with Crippen molar-refractivity contribution in [2.24, 2.45) is 0 Å². The van der Waals surface area contributed by atoms with E-state index in [1.807, 2.05) is 36.4 Å². The second kappa shape index (κ2) is 9.47. The molecule has 29 heavy (non-hydrogen) atoms. The van der Waals surface area contributed by atoms with Crippen LogP contribution in [-0.4, -0.2) is 40.1 Å². The summed E-state index contributed by atoms with van der Waals surface area (Å²) < 4.78 is 5.28. The van der Waals surface area contributed by atoms with Crippen LogP contribution >= 0.6 is 0 Å². The number of benzene rings is 2. The highest BCUT2D eigenvalue weighted by molar-refractivity contribution is 5.76. The van der Waals surface area contributed by atoms with E-state index in [4.69, 9.17) is 4.52 Å². The number of aromatic nitrogens is 2. The van der Waals surface area contributed by atoms with Gasteiger partial charge in [-0.15, -0.1) is 0 Å². The molecule has 1 amide bonds. The Morgan fingerprint density at radius 3 is 2.45 bits per heavy atom. The zero-order chi connectivity index (χ0) is 19.9. The van der Waals surface area contributed by atoms with Gasteiger partial charge in [0.05, 0.1) is 0 Å². The van der Waals surface area contributed by atoms with E-state index in [1.165, 1.54) is 5.56 Å². The smallest absolute Gasteiger partial charge is 0.227 e. The van der Waals surface area contributed by atoms with E-state index < -0.39 is 0 Å². The van der Waals surface area contributed by atoms with E-state index in [0.29, 0.717) is 24.6 Å². The summed E-state index contributed by atoms with van der Waals surface area (Å²) >= 11 is 0. The van der Waals surface area contributed by atoms with Gasteiger partial charge in [-0.1, -0.05) is 65.8 Å². The molecule has 0 aliphatic carbocycles. The summed E-state index contributed by atoms with van der Waals surface area (Å²) in [5.74, 6) is 1.11. The van der Waals surface area contributed by atoms with Crippen LogP contribution in [0.1, 0.15) is 30.7 Å². The van der Waals surface area contributed by atoms with Crippen LogP contribution in [0.25, 0.3) is 11.4 Å².